The average molecular weight is 211 g/mol. The summed E-state index contributed by atoms with van der Waals surface area (Å²) in [5, 5.41) is 0. The SMILES string of the molecule is CC(C)N1CN2CN(C(C)(C)C)CCC21. The number of fused-ring (bicyclic) bond motifs is 1. The lowest BCUT2D eigenvalue weighted by Gasteiger charge is -2.59. The molecule has 3 heteroatoms. The van der Waals surface area contributed by atoms with Crippen LogP contribution in [0.4, 0.5) is 0 Å². The summed E-state index contributed by atoms with van der Waals surface area (Å²) in [5.41, 5.74) is 0.323. The van der Waals surface area contributed by atoms with Crippen molar-refractivity contribution in [1.29, 1.82) is 0 Å². The number of hydrogen-bond acceptors (Lipinski definition) is 3. The lowest BCUT2D eigenvalue weighted by Crippen LogP contribution is -2.72. The molecule has 2 fully saturated rings. The van der Waals surface area contributed by atoms with Gasteiger partial charge in [0.1, 0.15) is 0 Å². The molecule has 0 saturated carbocycles. The van der Waals surface area contributed by atoms with Gasteiger partial charge in [0.25, 0.3) is 0 Å². The van der Waals surface area contributed by atoms with Crippen LogP contribution in [-0.4, -0.2) is 52.3 Å². The zero-order valence-electron chi connectivity index (χ0n) is 10.8. The van der Waals surface area contributed by atoms with Gasteiger partial charge < -0.3 is 0 Å². The van der Waals surface area contributed by atoms with E-state index in [1.165, 1.54) is 13.0 Å². The molecule has 2 rings (SSSR count). The number of nitrogens with zero attached hydrogens (tertiary/aromatic N) is 3. The van der Waals surface area contributed by atoms with Gasteiger partial charge in [-0.2, -0.15) is 0 Å². The largest absolute Gasteiger partial charge is 0.285 e. The van der Waals surface area contributed by atoms with E-state index >= 15 is 0 Å². The quantitative estimate of drug-likeness (QED) is 0.654. The van der Waals surface area contributed by atoms with Crippen molar-refractivity contribution >= 4 is 0 Å². The summed E-state index contributed by atoms with van der Waals surface area (Å²) in [6, 6.07) is 0.701. The predicted molar refractivity (Wildman–Crippen MR) is 63.4 cm³/mol. The summed E-state index contributed by atoms with van der Waals surface area (Å²) in [6.07, 6.45) is 2.03. The second-order valence-corrected chi connectivity index (χ2v) is 6.18. The molecule has 0 bridgehead atoms. The van der Waals surface area contributed by atoms with Gasteiger partial charge in [-0.05, 0) is 41.0 Å². The Balaban J connectivity index is 1.91. The van der Waals surface area contributed by atoms with Crippen LogP contribution in [0.25, 0.3) is 0 Å². The first kappa shape index (κ1) is 11.4. The molecule has 88 valence electrons. The van der Waals surface area contributed by atoms with Crippen molar-refractivity contribution in [3.8, 4) is 0 Å². The predicted octanol–water partition coefficient (Wildman–Crippen LogP) is 1.76. The molecule has 3 nitrogen and oxygen atoms in total. The van der Waals surface area contributed by atoms with Gasteiger partial charge in [0, 0.05) is 18.1 Å². The van der Waals surface area contributed by atoms with Crippen molar-refractivity contribution in [2.45, 2.75) is 58.8 Å². The summed E-state index contributed by atoms with van der Waals surface area (Å²) >= 11 is 0. The molecule has 2 saturated heterocycles. The molecule has 2 aliphatic rings. The van der Waals surface area contributed by atoms with Gasteiger partial charge in [0.2, 0.25) is 0 Å². The normalized spacial score (nSPS) is 30.4. The smallest absolute Gasteiger partial charge is 0.0670 e. The maximum Gasteiger partial charge on any atom is 0.0670 e. The van der Waals surface area contributed by atoms with Crippen LogP contribution in [0.3, 0.4) is 0 Å². The highest BCUT2D eigenvalue weighted by atomic mass is 15.6. The summed E-state index contributed by atoms with van der Waals surface area (Å²) in [5.74, 6) is 0. The number of hydrogen-bond donors (Lipinski definition) is 0. The maximum atomic E-state index is 2.60. The van der Waals surface area contributed by atoms with E-state index in [-0.39, 0.29) is 0 Å². The van der Waals surface area contributed by atoms with Crippen LogP contribution in [0.5, 0.6) is 0 Å². The van der Waals surface area contributed by atoms with Gasteiger partial charge >= 0.3 is 0 Å². The molecule has 2 aliphatic heterocycles. The van der Waals surface area contributed by atoms with Crippen molar-refractivity contribution in [3.63, 3.8) is 0 Å². The first-order valence-corrected chi connectivity index (χ1v) is 6.14. The van der Waals surface area contributed by atoms with Crippen LogP contribution in [0.2, 0.25) is 0 Å². The van der Waals surface area contributed by atoms with Crippen LogP contribution < -0.4 is 0 Å². The van der Waals surface area contributed by atoms with E-state index in [1.54, 1.807) is 0 Å². The molecule has 0 aromatic carbocycles. The first-order chi connectivity index (χ1) is 6.89. The van der Waals surface area contributed by atoms with Crippen molar-refractivity contribution in [2.24, 2.45) is 0 Å². The summed E-state index contributed by atoms with van der Waals surface area (Å²) in [4.78, 5) is 7.77. The summed E-state index contributed by atoms with van der Waals surface area (Å²) < 4.78 is 0. The Bertz CT molecular complexity index is 232. The number of rotatable bonds is 1. The lowest BCUT2D eigenvalue weighted by atomic mass is 10.0. The van der Waals surface area contributed by atoms with Crippen LogP contribution in [0, 0.1) is 0 Å². The monoisotopic (exact) mass is 211 g/mol. The molecule has 0 radical (unpaired) electrons. The van der Waals surface area contributed by atoms with Crippen molar-refractivity contribution in [3.05, 3.63) is 0 Å². The molecule has 2 heterocycles. The fraction of sp³-hybridized carbons (Fsp3) is 1.00. The maximum absolute atomic E-state index is 2.60. The minimum Gasteiger partial charge on any atom is -0.285 e. The van der Waals surface area contributed by atoms with E-state index in [9.17, 15) is 0 Å². The molecular weight excluding hydrogens is 186 g/mol. The molecule has 0 aromatic rings. The average Bonchev–Trinajstić information content (AvgIpc) is 2.03. The Labute approximate surface area is 94.0 Å². The lowest BCUT2D eigenvalue weighted by molar-refractivity contribution is -0.185. The van der Waals surface area contributed by atoms with Gasteiger partial charge in [-0.25, -0.2) is 0 Å². The standard InChI is InChI=1S/C12H25N3/c1-10(2)15-9-13-8-14(12(3,4)5)7-6-11(13)15/h10-11H,6-9H2,1-5H3. The molecule has 0 aromatic heterocycles. The fourth-order valence-electron chi connectivity index (χ4n) is 2.62. The van der Waals surface area contributed by atoms with E-state index < -0.39 is 0 Å². The molecule has 1 atom stereocenters. The van der Waals surface area contributed by atoms with Crippen LogP contribution in [0.1, 0.15) is 41.0 Å². The molecule has 0 spiro atoms. The zero-order chi connectivity index (χ0) is 11.2. The van der Waals surface area contributed by atoms with Crippen molar-refractivity contribution < 1.29 is 0 Å². The fourth-order valence-corrected chi connectivity index (χ4v) is 2.62. The Kier molecular flexibility index (Phi) is 2.82. The Morgan fingerprint density at radius 2 is 1.80 bits per heavy atom. The van der Waals surface area contributed by atoms with Gasteiger partial charge in [-0.3, -0.25) is 14.7 Å². The summed E-state index contributed by atoms with van der Waals surface area (Å²) in [7, 11) is 0. The third-order valence-corrected chi connectivity index (χ3v) is 3.77. The van der Waals surface area contributed by atoms with Crippen LogP contribution in [-0.2, 0) is 0 Å². The van der Waals surface area contributed by atoms with Crippen molar-refractivity contribution in [1.82, 2.24) is 14.7 Å². The molecule has 15 heavy (non-hydrogen) atoms. The van der Waals surface area contributed by atoms with Crippen LogP contribution in [0.15, 0.2) is 0 Å². The Hall–Kier alpha value is -0.120. The van der Waals surface area contributed by atoms with Gasteiger partial charge in [-0.15, -0.1) is 0 Å². The van der Waals surface area contributed by atoms with Gasteiger partial charge in [-0.1, -0.05) is 0 Å². The molecule has 0 N–H and O–H groups in total. The second kappa shape index (κ2) is 3.72. The molecule has 1 unspecified atom stereocenters. The van der Waals surface area contributed by atoms with Gasteiger partial charge in [0.15, 0.2) is 0 Å². The first-order valence-electron chi connectivity index (χ1n) is 6.14. The van der Waals surface area contributed by atoms with Crippen LogP contribution >= 0.6 is 0 Å². The van der Waals surface area contributed by atoms with E-state index in [1.807, 2.05) is 0 Å². The summed E-state index contributed by atoms with van der Waals surface area (Å²) in [6.45, 7) is 15.1. The van der Waals surface area contributed by atoms with E-state index in [0.29, 0.717) is 11.6 Å². The van der Waals surface area contributed by atoms with E-state index in [4.69, 9.17) is 0 Å². The third-order valence-electron chi connectivity index (χ3n) is 3.77. The topological polar surface area (TPSA) is 9.72 Å². The second-order valence-electron chi connectivity index (χ2n) is 6.18. The van der Waals surface area contributed by atoms with Gasteiger partial charge in [0.05, 0.1) is 19.5 Å². The highest BCUT2D eigenvalue weighted by Crippen LogP contribution is 2.30. The highest BCUT2D eigenvalue weighted by Gasteiger charge is 2.42. The molecule has 0 aliphatic carbocycles. The van der Waals surface area contributed by atoms with Crippen molar-refractivity contribution in [2.75, 3.05) is 19.9 Å². The highest BCUT2D eigenvalue weighted by molar-refractivity contribution is 4.91. The Morgan fingerprint density at radius 3 is 2.27 bits per heavy atom. The van der Waals surface area contributed by atoms with E-state index in [2.05, 4.69) is 49.3 Å². The Morgan fingerprint density at radius 1 is 1.13 bits per heavy atom. The minimum atomic E-state index is 0.323. The minimum absolute atomic E-state index is 0.323. The molecular formula is C12H25N3. The zero-order valence-corrected chi connectivity index (χ0v) is 10.8. The van der Waals surface area contributed by atoms with E-state index in [0.717, 1.165) is 19.5 Å². The molecule has 0 amide bonds. The third kappa shape index (κ3) is 2.05.